The first-order chi connectivity index (χ1) is 12.7. The Hall–Kier alpha value is -3.13. The van der Waals surface area contributed by atoms with E-state index in [1.807, 2.05) is 12.1 Å². The highest BCUT2D eigenvalue weighted by molar-refractivity contribution is 7.13. The van der Waals surface area contributed by atoms with Crippen LogP contribution in [0.5, 0.6) is 0 Å². The molecule has 1 saturated heterocycles. The summed E-state index contributed by atoms with van der Waals surface area (Å²) in [6.07, 6.45) is 7.27. The summed E-state index contributed by atoms with van der Waals surface area (Å²) in [7, 11) is 0. The van der Waals surface area contributed by atoms with Crippen molar-refractivity contribution in [2.24, 2.45) is 0 Å². The van der Waals surface area contributed by atoms with E-state index in [4.69, 9.17) is 0 Å². The van der Waals surface area contributed by atoms with Crippen molar-refractivity contribution in [1.82, 2.24) is 25.0 Å². The van der Waals surface area contributed by atoms with Crippen LogP contribution in [0.2, 0.25) is 0 Å². The molecule has 0 aliphatic carbocycles. The van der Waals surface area contributed by atoms with Crippen molar-refractivity contribution >= 4 is 23.2 Å². The first-order valence-electron chi connectivity index (χ1n) is 8.13. The lowest BCUT2D eigenvalue weighted by atomic mass is 10.2. The molecule has 0 bridgehead atoms. The highest BCUT2D eigenvalue weighted by Gasteiger charge is 2.33. The molecule has 0 aromatic carbocycles. The first kappa shape index (κ1) is 16.3. The van der Waals surface area contributed by atoms with Gasteiger partial charge in [-0.25, -0.2) is 15.0 Å². The quantitative estimate of drug-likeness (QED) is 0.712. The SMILES string of the molecule is O=C(c1ccncc1)N1CCCN1C(=O)c1csc(-c2cccnc2)n1. The molecular formula is C18H15N5O2S. The molecule has 0 unspecified atom stereocenters. The lowest BCUT2D eigenvalue weighted by molar-refractivity contribution is 0.0183. The van der Waals surface area contributed by atoms with E-state index in [1.165, 1.54) is 21.4 Å². The van der Waals surface area contributed by atoms with Crippen LogP contribution in [0.15, 0.2) is 54.4 Å². The lowest BCUT2D eigenvalue weighted by Gasteiger charge is -2.27. The van der Waals surface area contributed by atoms with Gasteiger partial charge in [-0.3, -0.25) is 19.6 Å². The monoisotopic (exact) mass is 365 g/mol. The Labute approximate surface area is 153 Å². The molecule has 0 atom stereocenters. The Morgan fingerprint density at radius 2 is 1.73 bits per heavy atom. The topological polar surface area (TPSA) is 79.3 Å². The molecule has 130 valence electrons. The number of hydrogen-bond acceptors (Lipinski definition) is 6. The molecule has 0 spiro atoms. The van der Waals surface area contributed by atoms with Gasteiger partial charge in [-0.05, 0) is 30.7 Å². The molecule has 1 aliphatic rings. The van der Waals surface area contributed by atoms with Gasteiger partial charge in [-0.1, -0.05) is 0 Å². The molecule has 26 heavy (non-hydrogen) atoms. The van der Waals surface area contributed by atoms with Crippen LogP contribution in [0.3, 0.4) is 0 Å². The highest BCUT2D eigenvalue weighted by Crippen LogP contribution is 2.25. The van der Waals surface area contributed by atoms with Gasteiger partial charge in [0.25, 0.3) is 11.8 Å². The number of nitrogens with zero attached hydrogens (tertiary/aromatic N) is 5. The van der Waals surface area contributed by atoms with Crippen molar-refractivity contribution in [3.05, 3.63) is 65.7 Å². The van der Waals surface area contributed by atoms with Crippen molar-refractivity contribution < 1.29 is 9.59 Å². The van der Waals surface area contributed by atoms with Gasteiger partial charge < -0.3 is 0 Å². The fraction of sp³-hybridized carbons (Fsp3) is 0.167. The van der Waals surface area contributed by atoms with E-state index in [0.29, 0.717) is 24.3 Å². The number of hydrazine groups is 1. The zero-order valence-electron chi connectivity index (χ0n) is 13.8. The number of carbonyl (C=O) groups excluding carboxylic acids is 2. The van der Waals surface area contributed by atoms with Crippen molar-refractivity contribution in [3.63, 3.8) is 0 Å². The van der Waals surface area contributed by atoms with Crippen LogP contribution in [0.1, 0.15) is 27.3 Å². The van der Waals surface area contributed by atoms with Crippen LogP contribution in [-0.2, 0) is 0 Å². The Bertz CT molecular complexity index is 929. The molecule has 7 nitrogen and oxygen atoms in total. The van der Waals surface area contributed by atoms with Crippen LogP contribution in [0, 0.1) is 0 Å². The average molecular weight is 365 g/mol. The van der Waals surface area contributed by atoms with Gasteiger partial charge >= 0.3 is 0 Å². The second-order valence-corrected chi connectivity index (χ2v) is 6.58. The van der Waals surface area contributed by atoms with E-state index < -0.39 is 0 Å². The Morgan fingerprint density at radius 3 is 2.46 bits per heavy atom. The van der Waals surface area contributed by atoms with Crippen LogP contribution in [-0.4, -0.2) is 49.9 Å². The summed E-state index contributed by atoms with van der Waals surface area (Å²) in [5, 5.41) is 5.41. The minimum absolute atomic E-state index is 0.207. The molecule has 8 heteroatoms. The van der Waals surface area contributed by atoms with Crippen LogP contribution in [0.25, 0.3) is 10.6 Å². The standard InChI is InChI=1S/C18H15N5O2S/c24-17(13-4-7-19-8-5-13)22-9-2-10-23(22)18(25)15-12-26-16(21-15)14-3-1-6-20-11-14/h1,3-8,11-12H,2,9-10H2. The van der Waals surface area contributed by atoms with Crippen LogP contribution < -0.4 is 0 Å². The minimum Gasteiger partial charge on any atom is -0.267 e. The van der Waals surface area contributed by atoms with Gasteiger partial charge in [-0.2, -0.15) is 0 Å². The molecule has 1 fully saturated rings. The highest BCUT2D eigenvalue weighted by atomic mass is 32.1. The maximum absolute atomic E-state index is 12.9. The maximum Gasteiger partial charge on any atom is 0.291 e. The van der Waals surface area contributed by atoms with Crippen molar-refractivity contribution in [2.75, 3.05) is 13.1 Å². The Balaban J connectivity index is 1.56. The van der Waals surface area contributed by atoms with E-state index in [1.54, 1.807) is 42.3 Å². The largest absolute Gasteiger partial charge is 0.291 e. The molecular weight excluding hydrogens is 350 g/mol. The smallest absolute Gasteiger partial charge is 0.267 e. The van der Waals surface area contributed by atoms with Gasteiger partial charge in [0.15, 0.2) is 0 Å². The van der Waals surface area contributed by atoms with Gasteiger partial charge in [0.2, 0.25) is 0 Å². The molecule has 3 aromatic heterocycles. The van der Waals surface area contributed by atoms with E-state index in [9.17, 15) is 9.59 Å². The van der Waals surface area contributed by atoms with Crippen LogP contribution >= 0.6 is 11.3 Å². The van der Waals surface area contributed by atoms with Gasteiger partial charge in [-0.15, -0.1) is 11.3 Å². The summed E-state index contributed by atoms with van der Waals surface area (Å²) in [5.41, 5.74) is 1.71. The molecule has 0 saturated carbocycles. The summed E-state index contributed by atoms with van der Waals surface area (Å²) in [6.45, 7) is 1.00. The van der Waals surface area contributed by atoms with E-state index in [-0.39, 0.29) is 11.8 Å². The van der Waals surface area contributed by atoms with Crippen molar-refractivity contribution in [1.29, 1.82) is 0 Å². The predicted octanol–water partition coefficient (Wildman–Crippen LogP) is 2.50. The summed E-state index contributed by atoms with van der Waals surface area (Å²) >= 11 is 1.39. The van der Waals surface area contributed by atoms with Crippen LogP contribution in [0.4, 0.5) is 0 Å². The number of hydrogen-bond donors (Lipinski definition) is 0. The first-order valence-corrected chi connectivity index (χ1v) is 9.01. The van der Waals surface area contributed by atoms with E-state index in [2.05, 4.69) is 15.0 Å². The second kappa shape index (κ2) is 7.01. The fourth-order valence-corrected chi connectivity index (χ4v) is 3.59. The average Bonchev–Trinajstić information content (AvgIpc) is 3.38. The summed E-state index contributed by atoms with van der Waals surface area (Å²) in [6, 6.07) is 7.02. The number of aromatic nitrogens is 3. The second-order valence-electron chi connectivity index (χ2n) is 5.73. The summed E-state index contributed by atoms with van der Waals surface area (Å²) in [4.78, 5) is 38.0. The Kier molecular flexibility index (Phi) is 4.40. The van der Waals surface area contributed by atoms with Crippen molar-refractivity contribution in [3.8, 4) is 10.6 Å². The lowest BCUT2D eigenvalue weighted by Crippen LogP contribution is -2.45. The van der Waals surface area contributed by atoms with Crippen molar-refractivity contribution in [2.45, 2.75) is 6.42 Å². The molecule has 1 aliphatic heterocycles. The molecule has 0 N–H and O–H groups in total. The number of rotatable bonds is 3. The third-order valence-electron chi connectivity index (χ3n) is 4.06. The van der Waals surface area contributed by atoms with E-state index >= 15 is 0 Å². The molecule has 0 radical (unpaired) electrons. The molecule has 4 rings (SSSR count). The number of amides is 2. The Morgan fingerprint density at radius 1 is 0.962 bits per heavy atom. The predicted molar refractivity (Wildman–Crippen MR) is 96.3 cm³/mol. The van der Waals surface area contributed by atoms with Gasteiger partial charge in [0.05, 0.1) is 0 Å². The number of thiazole rings is 1. The number of pyridine rings is 2. The van der Waals surface area contributed by atoms with Gasteiger partial charge in [0.1, 0.15) is 10.7 Å². The summed E-state index contributed by atoms with van der Waals surface area (Å²) < 4.78 is 0. The third kappa shape index (κ3) is 3.06. The zero-order valence-corrected chi connectivity index (χ0v) is 14.6. The zero-order chi connectivity index (χ0) is 17.9. The fourth-order valence-electron chi connectivity index (χ4n) is 2.80. The molecule has 4 heterocycles. The van der Waals surface area contributed by atoms with E-state index in [0.717, 1.165) is 17.0 Å². The normalized spacial score (nSPS) is 13.8. The molecule has 3 aromatic rings. The number of carbonyl (C=O) groups is 2. The summed E-state index contributed by atoms with van der Waals surface area (Å²) in [5.74, 6) is -0.475. The minimum atomic E-state index is -0.267. The maximum atomic E-state index is 12.9. The molecule has 2 amide bonds. The van der Waals surface area contributed by atoms with Gasteiger partial charge in [0, 0.05) is 54.4 Å². The third-order valence-corrected chi connectivity index (χ3v) is 4.95.